The normalized spacial score (nSPS) is 19.3. The molecule has 0 radical (unpaired) electrons. The number of carbonyl (C=O) groups is 1. The molecule has 2 aliphatic heterocycles. The highest BCUT2D eigenvalue weighted by Crippen LogP contribution is 2.44. The van der Waals surface area contributed by atoms with E-state index in [9.17, 15) is 10.1 Å². The Labute approximate surface area is 202 Å². The number of fused-ring (bicyclic) bond motifs is 2. The van der Waals surface area contributed by atoms with Crippen LogP contribution in [0, 0.1) is 11.3 Å². The number of aryl methyl sites for hydroxylation is 1. The van der Waals surface area contributed by atoms with Gasteiger partial charge in [0.2, 0.25) is 0 Å². The van der Waals surface area contributed by atoms with Gasteiger partial charge in [0, 0.05) is 54.9 Å². The number of likely N-dealkylation sites (tertiary alicyclic amines) is 1. The van der Waals surface area contributed by atoms with Crippen molar-refractivity contribution in [1.82, 2.24) is 30.0 Å². The fourth-order valence-electron chi connectivity index (χ4n) is 5.06. The van der Waals surface area contributed by atoms with Gasteiger partial charge >= 0.3 is 6.03 Å². The summed E-state index contributed by atoms with van der Waals surface area (Å²) in [4.78, 5) is 23.2. The number of nitrogens with two attached hydrogens (primary N) is 1. The molecule has 9 nitrogen and oxygen atoms in total. The SMILES string of the molecule is CC(C)(NC(=O)N1CC[C@]2(CCn3nc(-c4cnc(N)c(C#N)c4)cc32)C1)c1ccncc1Cl. The molecule has 3 aromatic rings. The molecular formula is C24H25ClN8O. The summed E-state index contributed by atoms with van der Waals surface area (Å²) in [5.41, 5.74) is 8.77. The van der Waals surface area contributed by atoms with Crippen molar-refractivity contribution in [3.8, 4) is 17.3 Å². The van der Waals surface area contributed by atoms with Gasteiger partial charge in [0.05, 0.1) is 21.8 Å². The summed E-state index contributed by atoms with van der Waals surface area (Å²) in [5, 5.41) is 17.7. The number of anilines is 1. The smallest absolute Gasteiger partial charge is 0.318 e. The molecule has 2 aliphatic rings. The molecule has 3 N–H and O–H groups in total. The highest BCUT2D eigenvalue weighted by atomic mass is 35.5. The van der Waals surface area contributed by atoms with Gasteiger partial charge in [-0.2, -0.15) is 10.4 Å². The lowest BCUT2D eigenvalue weighted by Gasteiger charge is -2.31. The number of carbonyl (C=O) groups excluding carboxylic acids is 1. The number of rotatable bonds is 3. The van der Waals surface area contributed by atoms with Crippen LogP contribution >= 0.6 is 11.6 Å². The van der Waals surface area contributed by atoms with Gasteiger partial charge in [0.15, 0.2) is 0 Å². The molecule has 0 bridgehead atoms. The maximum Gasteiger partial charge on any atom is 0.318 e. The summed E-state index contributed by atoms with van der Waals surface area (Å²) in [7, 11) is 0. The molecule has 1 saturated heterocycles. The summed E-state index contributed by atoms with van der Waals surface area (Å²) in [6.45, 7) is 5.94. The van der Waals surface area contributed by atoms with E-state index in [0.717, 1.165) is 41.9 Å². The van der Waals surface area contributed by atoms with Crippen molar-refractivity contribution in [2.45, 2.75) is 44.2 Å². The Balaban J connectivity index is 1.35. The van der Waals surface area contributed by atoms with Crippen molar-refractivity contribution in [3.63, 3.8) is 0 Å². The molecule has 174 valence electrons. The summed E-state index contributed by atoms with van der Waals surface area (Å²) in [6.07, 6.45) is 6.70. The minimum atomic E-state index is -0.641. The molecule has 0 unspecified atom stereocenters. The largest absolute Gasteiger partial charge is 0.383 e. The standard InChI is InChI=1S/C24H25ClN8O/c1-23(2,17-3-6-28-13-18(17)25)30-22(34)32-7-4-24(14-32)5-8-33-20(24)10-19(31-33)16-9-15(11-26)21(27)29-12-16/h3,6,9-10,12-13H,4-5,7-8,14H2,1-2H3,(H2,27,29)(H,30,34)/t24-/m0/s1. The van der Waals surface area contributed by atoms with E-state index in [1.807, 2.05) is 29.5 Å². The van der Waals surface area contributed by atoms with Crippen molar-refractivity contribution < 1.29 is 4.79 Å². The second-order valence-electron chi connectivity index (χ2n) is 9.52. The highest BCUT2D eigenvalue weighted by molar-refractivity contribution is 6.31. The number of amides is 2. The van der Waals surface area contributed by atoms with Crippen LogP contribution in [0.15, 0.2) is 36.8 Å². The predicted molar refractivity (Wildman–Crippen MR) is 128 cm³/mol. The van der Waals surface area contributed by atoms with Gasteiger partial charge < -0.3 is 16.0 Å². The van der Waals surface area contributed by atoms with E-state index >= 15 is 0 Å². The lowest BCUT2D eigenvalue weighted by molar-refractivity contribution is 0.194. The van der Waals surface area contributed by atoms with E-state index in [-0.39, 0.29) is 17.3 Å². The van der Waals surface area contributed by atoms with Crippen LogP contribution in [0.5, 0.6) is 0 Å². The fourth-order valence-corrected chi connectivity index (χ4v) is 5.42. The van der Waals surface area contributed by atoms with Crippen LogP contribution in [-0.4, -0.2) is 43.8 Å². The Morgan fingerprint density at radius 2 is 2.09 bits per heavy atom. The molecule has 0 aromatic carbocycles. The average molecular weight is 477 g/mol. The number of aromatic nitrogens is 4. The molecule has 3 aromatic heterocycles. The number of halogens is 1. The topological polar surface area (TPSA) is 126 Å². The highest BCUT2D eigenvalue weighted by Gasteiger charge is 2.47. The van der Waals surface area contributed by atoms with Gasteiger partial charge in [0.1, 0.15) is 11.9 Å². The molecule has 1 spiro atoms. The van der Waals surface area contributed by atoms with E-state index in [1.54, 1.807) is 24.7 Å². The van der Waals surface area contributed by atoms with Crippen LogP contribution in [0.25, 0.3) is 11.3 Å². The van der Waals surface area contributed by atoms with Gasteiger partial charge in [-0.25, -0.2) is 9.78 Å². The van der Waals surface area contributed by atoms with E-state index in [1.165, 1.54) is 0 Å². The van der Waals surface area contributed by atoms with Crippen LogP contribution in [0.2, 0.25) is 5.02 Å². The first-order valence-electron chi connectivity index (χ1n) is 11.1. The van der Waals surface area contributed by atoms with Gasteiger partial charge in [0.25, 0.3) is 0 Å². The minimum Gasteiger partial charge on any atom is -0.383 e. The number of nitrogens with zero attached hydrogens (tertiary/aromatic N) is 6. The van der Waals surface area contributed by atoms with Gasteiger partial charge in [-0.1, -0.05) is 11.6 Å². The van der Waals surface area contributed by atoms with E-state index in [2.05, 4.69) is 27.4 Å². The Bertz CT molecular complexity index is 1330. The maximum atomic E-state index is 13.2. The molecule has 0 aliphatic carbocycles. The fraction of sp³-hybridized carbons (Fsp3) is 0.375. The van der Waals surface area contributed by atoms with Crippen molar-refractivity contribution >= 4 is 23.4 Å². The minimum absolute atomic E-state index is 0.116. The van der Waals surface area contributed by atoms with Crippen molar-refractivity contribution in [1.29, 1.82) is 5.26 Å². The number of pyridine rings is 2. The second kappa shape index (κ2) is 7.99. The summed E-state index contributed by atoms with van der Waals surface area (Å²) in [6, 6.07) is 7.56. The van der Waals surface area contributed by atoms with Crippen LogP contribution in [0.1, 0.15) is 43.5 Å². The molecule has 34 heavy (non-hydrogen) atoms. The quantitative estimate of drug-likeness (QED) is 0.596. The Hall–Kier alpha value is -3.64. The summed E-state index contributed by atoms with van der Waals surface area (Å²) >= 11 is 6.32. The summed E-state index contributed by atoms with van der Waals surface area (Å²) < 4.78 is 2.01. The lowest BCUT2D eigenvalue weighted by Crippen LogP contribution is -2.48. The van der Waals surface area contributed by atoms with E-state index in [4.69, 9.17) is 22.4 Å². The van der Waals surface area contributed by atoms with Gasteiger partial charge in [-0.3, -0.25) is 9.67 Å². The lowest BCUT2D eigenvalue weighted by atomic mass is 9.82. The third-order valence-corrected chi connectivity index (χ3v) is 7.27. The van der Waals surface area contributed by atoms with E-state index < -0.39 is 5.54 Å². The zero-order valence-electron chi connectivity index (χ0n) is 19.0. The Kier molecular flexibility index (Phi) is 5.21. The van der Waals surface area contributed by atoms with Crippen LogP contribution < -0.4 is 11.1 Å². The number of nitrogens with one attached hydrogen (secondary N) is 1. The third kappa shape index (κ3) is 3.64. The predicted octanol–water partition coefficient (Wildman–Crippen LogP) is 3.44. The number of nitrogen functional groups attached to an aromatic ring is 1. The molecule has 1 fully saturated rings. The van der Waals surface area contributed by atoms with Crippen molar-refractivity contribution in [2.24, 2.45) is 0 Å². The number of hydrogen-bond acceptors (Lipinski definition) is 6. The van der Waals surface area contributed by atoms with Crippen LogP contribution in [0.3, 0.4) is 0 Å². The van der Waals surface area contributed by atoms with Crippen LogP contribution in [-0.2, 0) is 17.5 Å². The molecular weight excluding hydrogens is 452 g/mol. The van der Waals surface area contributed by atoms with Gasteiger partial charge in [-0.15, -0.1) is 0 Å². The number of nitriles is 1. The average Bonchev–Trinajstić information content (AvgIpc) is 3.51. The van der Waals surface area contributed by atoms with Crippen LogP contribution in [0.4, 0.5) is 10.6 Å². The van der Waals surface area contributed by atoms with Crippen molar-refractivity contribution in [2.75, 3.05) is 18.8 Å². The molecule has 5 heterocycles. The Morgan fingerprint density at radius 1 is 1.29 bits per heavy atom. The van der Waals surface area contributed by atoms with Gasteiger partial charge in [-0.05, 0) is 50.5 Å². The van der Waals surface area contributed by atoms with E-state index in [0.29, 0.717) is 23.7 Å². The first-order chi connectivity index (χ1) is 16.2. The third-order valence-electron chi connectivity index (χ3n) is 6.97. The molecule has 2 amide bonds. The summed E-state index contributed by atoms with van der Waals surface area (Å²) in [5.74, 6) is 0.211. The zero-order chi connectivity index (χ0) is 24.1. The molecule has 5 rings (SSSR count). The molecule has 10 heteroatoms. The first kappa shape index (κ1) is 22.2. The van der Waals surface area contributed by atoms with Crippen molar-refractivity contribution in [3.05, 3.63) is 58.6 Å². The number of urea groups is 1. The molecule has 0 saturated carbocycles. The maximum absolute atomic E-state index is 13.2. The monoisotopic (exact) mass is 476 g/mol. The second-order valence-corrected chi connectivity index (χ2v) is 9.93. The first-order valence-corrected chi connectivity index (χ1v) is 11.5. The Morgan fingerprint density at radius 3 is 2.85 bits per heavy atom. The number of hydrogen-bond donors (Lipinski definition) is 2. The molecule has 1 atom stereocenters. The zero-order valence-corrected chi connectivity index (χ0v) is 19.8.